The first-order valence-electron chi connectivity index (χ1n) is 8.47. The van der Waals surface area contributed by atoms with E-state index in [2.05, 4.69) is 11.9 Å². The molecule has 2 aliphatic rings. The standard InChI is InChI=1S/C17H23NO3.H2O4S.2H2O/c1-18-13-7-8-14(18)10-15(9-13)21-17(20)16(11-19)12-5-3-2-4-6-12;1-5(2,3)4;;/h2-6,13-16,19H,7-11H2,1H3;(H2,1,2,3,4);2*1H2. The van der Waals surface area contributed by atoms with Gasteiger partial charge in [0.2, 0.25) is 0 Å². The van der Waals surface area contributed by atoms with E-state index in [9.17, 15) is 9.90 Å². The van der Waals surface area contributed by atoms with Gasteiger partial charge in [0.15, 0.2) is 0 Å². The van der Waals surface area contributed by atoms with Crippen LogP contribution in [0.15, 0.2) is 30.3 Å². The molecule has 10 nitrogen and oxygen atoms in total. The highest BCUT2D eigenvalue weighted by Gasteiger charge is 2.40. The minimum atomic E-state index is -4.67. The maximum Gasteiger partial charge on any atom is 0.394 e. The van der Waals surface area contributed by atoms with Crippen molar-refractivity contribution in [1.29, 1.82) is 0 Å². The van der Waals surface area contributed by atoms with Gasteiger partial charge in [-0.3, -0.25) is 13.9 Å². The Balaban J connectivity index is 0.000000934. The van der Waals surface area contributed by atoms with E-state index in [1.165, 1.54) is 12.8 Å². The fourth-order valence-corrected chi connectivity index (χ4v) is 3.71. The van der Waals surface area contributed by atoms with Crippen molar-refractivity contribution >= 4 is 16.4 Å². The average Bonchev–Trinajstić information content (AvgIpc) is 2.77. The third-order valence-electron chi connectivity index (χ3n) is 5.01. The number of rotatable bonds is 4. The zero-order valence-electron chi connectivity index (χ0n) is 15.6. The molecule has 0 amide bonds. The van der Waals surface area contributed by atoms with E-state index in [0.29, 0.717) is 12.1 Å². The van der Waals surface area contributed by atoms with Crippen LogP contribution >= 0.6 is 0 Å². The summed E-state index contributed by atoms with van der Waals surface area (Å²) in [6.45, 7) is -0.206. The monoisotopic (exact) mass is 423 g/mol. The first-order chi connectivity index (χ1) is 12.2. The van der Waals surface area contributed by atoms with Gasteiger partial charge in [-0.05, 0) is 38.3 Å². The number of aliphatic hydroxyl groups is 1. The van der Waals surface area contributed by atoms with Crippen molar-refractivity contribution < 1.29 is 43.1 Å². The Labute approximate surface area is 164 Å². The number of benzene rings is 1. The third-order valence-corrected chi connectivity index (χ3v) is 5.01. The number of aliphatic hydroxyl groups excluding tert-OH is 1. The number of carbonyl (C=O) groups is 1. The van der Waals surface area contributed by atoms with Crippen LogP contribution in [0.2, 0.25) is 0 Å². The highest BCUT2D eigenvalue weighted by molar-refractivity contribution is 7.79. The number of esters is 1. The van der Waals surface area contributed by atoms with Crippen molar-refractivity contribution in [2.24, 2.45) is 0 Å². The molecular formula is C17H29NO9S. The SMILES string of the molecule is CN1C2CCC1CC(OC(=O)C(CO)c1ccccc1)C2.O.O.O=S(=O)(O)O. The summed E-state index contributed by atoms with van der Waals surface area (Å²) in [7, 11) is -2.50. The summed E-state index contributed by atoms with van der Waals surface area (Å²) in [6.07, 6.45) is 4.26. The van der Waals surface area contributed by atoms with Crippen LogP contribution in [0.3, 0.4) is 0 Å². The zero-order chi connectivity index (χ0) is 19.3. The normalized spacial score (nSPS) is 24.6. The van der Waals surface area contributed by atoms with Gasteiger partial charge in [-0.15, -0.1) is 0 Å². The van der Waals surface area contributed by atoms with E-state index >= 15 is 0 Å². The lowest BCUT2D eigenvalue weighted by molar-refractivity contribution is -0.155. The maximum atomic E-state index is 12.4. The summed E-state index contributed by atoms with van der Waals surface area (Å²) in [4.78, 5) is 14.8. The summed E-state index contributed by atoms with van der Waals surface area (Å²) in [5.41, 5.74) is 0.820. The quantitative estimate of drug-likeness (QED) is 0.432. The molecule has 28 heavy (non-hydrogen) atoms. The molecular weight excluding hydrogens is 394 g/mol. The molecule has 2 aliphatic heterocycles. The first kappa shape index (κ1) is 26.4. The highest BCUT2D eigenvalue weighted by atomic mass is 32.3. The first-order valence-corrected chi connectivity index (χ1v) is 9.87. The summed E-state index contributed by atoms with van der Waals surface area (Å²) >= 11 is 0. The second kappa shape index (κ2) is 11.4. The molecule has 0 saturated carbocycles. The number of carbonyl (C=O) groups excluding carboxylic acids is 1. The van der Waals surface area contributed by atoms with Crippen molar-refractivity contribution in [3.63, 3.8) is 0 Å². The maximum absolute atomic E-state index is 12.4. The molecule has 2 heterocycles. The van der Waals surface area contributed by atoms with Crippen molar-refractivity contribution in [2.75, 3.05) is 13.7 Å². The molecule has 0 spiro atoms. The van der Waals surface area contributed by atoms with Gasteiger partial charge in [-0.25, -0.2) is 0 Å². The van der Waals surface area contributed by atoms with Gasteiger partial charge in [0.05, 0.1) is 6.61 Å². The second-order valence-corrected chi connectivity index (χ2v) is 7.57. The van der Waals surface area contributed by atoms with Gasteiger partial charge < -0.3 is 25.7 Å². The molecule has 2 saturated heterocycles. The van der Waals surface area contributed by atoms with E-state index in [1.54, 1.807) is 0 Å². The van der Waals surface area contributed by atoms with E-state index in [-0.39, 0.29) is 29.6 Å². The minimum Gasteiger partial charge on any atom is -0.462 e. The molecule has 2 bridgehead atoms. The lowest BCUT2D eigenvalue weighted by Crippen LogP contribution is -2.43. The molecule has 2 fully saturated rings. The van der Waals surface area contributed by atoms with Crippen molar-refractivity contribution in [1.82, 2.24) is 4.90 Å². The van der Waals surface area contributed by atoms with Crippen LogP contribution in [-0.4, -0.2) is 76.3 Å². The van der Waals surface area contributed by atoms with Crippen molar-refractivity contribution in [2.45, 2.75) is 49.8 Å². The Morgan fingerprint density at radius 2 is 1.61 bits per heavy atom. The van der Waals surface area contributed by atoms with Crippen LogP contribution in [0.1, 0.15) is 37.2 Å². The third kappa shape index (κ3) is 7.80. The Morgan fingerprint density at radius 1 is 1.14 bits per heavy atom. The molecule has 0 aliphatic carbocycles. The van der Waals surface area contributed by atoms with Crippen LogP contribution in [0, 0.1) is 0 Å². The summed E-state index contributed by atoms with van der Waals surface area (Å²) in [5, 5.41) is 9.53. The molecule has 1 aromatic carbocycles. The van der Waals surface area contributed by atoms with E-state index in [4.69, 9.17) is 22.3 Å². The average molecular weight is 423 g/mol. The van der Waals surface area contributed by atoms with Gasteiger partial charge in [-0.2, -0.15) is 8.42 Å². The number of piperidine rings is 1. The van der Waals surface area contributed by atoms with Gasteiger partial charge in [0.25, 0.3) is 0 Å². The second-order valence-electron chi connectivity index (χ2n) is 6.67. The molecule has 11 heteroatoms. The van der Waals surface area contributed by atoms with Crippen LogP contribution in [0.4, 0.5) is 0 Å². The number of hydrogen-bond donors (Lipinski definition) is 3. The smallest absolute Gasteiger partial charge is 0.394 e. The highest BCUT2D eigenvalue weighted by Crippen LogP contribution is 2.36. The lowest BCUT2D eigenvalue weighted by Gasteiger charge is -2.36. The summed E-state index contributed by atoms with van der Waals surface area (Å²) in [5.74, 6) is -0.860. The van der Waals surface area contributed by atoms with E-state index in [0.717, 1.165) is 18.4 Å². The predicted molar refractivity (Wildman–Crippen MR) is 101 cm³/mol. The molecule has 0 radical (unpaired) electrons. The van der Waals surface area contributed by atoms with Gasteiger partial charge >= 0.3 is 16.4 Å². The van der Waals surface area contributed by atoms with Crippen LogP contribution in [-0.2, 0) is 19.9 Å². The molecule has 3 rings (SSSR count). The summed E-state index contributed by atoms with van der Waals surface area (Å²) in [6, 6.07) is 10.5. The van der Waals surface area contributed by atoms with Crippen LogP contribution in [0.5, 0.6) is 0 Å². The fraction of sp³-hybridized carbons (Fsp3) is 0.588. The molecule has 1 aromatic rings. The van der Waals surface area contributed by atoms with Gasteiger partial charge in [-0.1, -0.05) is 30.3 Å². The number of ether oxygens (including phenoxy) is 1. The number of hydrogen-bond acceptors (Lipinski definition) is 6. The van der Waals surface area contributed by atoms with Gasteiger partial charge in [0.1, 0.15) is 12.0 Å². The lowest BCUT2D eigenvalue weighted by atomic mass is 9.98. The predicted octanol–water partition coefficient (Wildman–Crippen LogP) is -0.371. The molecule has 3 atom stereocenters. The van der Waals surface area contributed by atoms with E-state index < -0.39 is 16.3 Å². The molecule has 0 aromatic heterocycles. The number of fused-ring (bicyclic) bond motifs is 2. The van der Waals surface area contributed by atoms with Gasteiger partial charge in [0, 0.05) is 12.1 Å². The van der Waals surface area contributed by atoms with Crippen LogP contribution in [0.25, 0.3) is 0 Å². The topological polar surface area (TPSA) is 187 Å². The zero-order valence-corrected chi connectivity index (χ0v) is 16.4. The number of nitrogens with zero attached hydrogens (tertiary/aromatic N) is 1. The fourth-order valence-electron chi connectivity index (χ4n) is 3.71. The van der Waals surface area contributed by atoms with E-state index in [1.807, 2.05) is 30.3 Å². The Bertz CT molecular complexity index is 676. The molecule has 7 N–H and O–H groups in total. The largest absolute Gasteiger partial charge is 0.462 e. The Hall–Kier alpha value is -1.60. The Morgan fingerprint density at radius 3 is 2.04 bits per heavy atom. The molecule has 162 valence electrons. The van der Waals surface area contributed by atoms with Crippen molar-refractivity contribution in [3.8, 4) is 0 Å². The van der Waals surface area contributed by atoms with Crippen LogP contribution < -0.4 is 0 Å². The summed E-state index contributed by atoms with van der Waals surface area (Å²) < 4.78 is 37.3. The molecule has 3 unspecified atom stereocenters. The Kier molecular flexibility index (Phi) is 10.8. The minimum absolute atomic E-state index is 0. The van der Waals surface area contributed by atoms with Crippen molar-refractivity contribution in [3.05, 3.63) is 35.9 Å².